The van der Waals surface area contributed by atoms with Gasteiger partial charge < -0.3 is 15.2 Å². The van der Waals surface area contributed by atoms with Crippen molar-refractivity contribution in [1.29, 1.82) is 0 Å². The van der Waals surface area contributed by atoms with Crippen LogP contribution in [0.1, 0.15) is 11.1 Å². The Labute approximate surface area is 190 Å². The number of carbonyl (C=O) groups is 1. The van der Waals surface area contributed by atoms with Gasteiger partial charge in [-0.05, 0) is 35.4 Å². The second kappa shape index (κ2) is 10.4. The van der Waals surface area contributed by atoms with E-state index in [1.54, 1.807) is 24.3 Å². The number of carboxylic acids is 1. The molecule has 4 rings (SSSR count). The Bertz CT molecular complexity index is 1200. The molecule has 166 valence electrons. The Hall–Kier alpha value is -4.26. The topological polar surface area (TPSA) is 84.3 Å². The van der Waals surface area contributed by atoms with Crippen LogP contribution in [0.15, 0.2) is 91.3 Å². The van der Waals surface area contributed by atoms with E-state index in [-0.39, 0.29) is 17.9 Å². The summed E-state index contributed by atoms with van der Waals surface area (Å²) in [5.41, 5.74) is 2.46. The number of ether oxygens (including phenoxy) is 1. The van der Waals surface area contributed by atoms with Crippen LogP contribution >= 0.6 is 0 Å². The number of nitrogens with zero attached hydrogens (tertiary/aromatic N) is 2. The lowest BCUT2D eigenvalue weighted by molar-refractivity contribution is -0.137. The second-order valence-electron chi connectivity index (χ2n) is 7.41. The first-order valence-electron chi connectivity index (χ1n) is 10.4. The van der Waals surface area contributed by atoms with E-state index in [1.165, 1.54) is 6.33 Å². The van der Waals surface area contributed by atoms with Crippen LogP contribution < -0.4 is 10.1 Å². The first kappa shape index (κ1) is 22.0. The molecule has 1 heterocycles. The van der Waals surface area contributed by atoms with Crippen LogP contribution in [0.2, 0.25) is 0 Å². The fraction of sp³-hybridized carbons (Fsp3) is 0.115. The number of nitrogens with one attached hydrogen (secondary N) is 1. The molecule has 6 nitrogen and oxygen atoms in total. The normalized spacial score (nSPS) is 11.5. The fourth-order valence-corrected chi connectivity index (χ4v) is 3.34. The summed E-state index contributed by atoms with van der Waals surface area (Å²) >= 11 is 0. The summed E-state index contributed by atoms with van der Waals surface area (Å²) < 4.78 is 20.9. The maximum Gasteiger partial charge on any atom is 0.326 e. The van der Waals surface area contributed by atoms with Crippen molar-refractivity contribution in [2.24, 2.45) is 0 Å². The number of benzene rings is 3. The maximum absolute atomic E-state index is 15.2. The molecule has 33 heavy (non-hydrogen) atoms. The van der Waals surface area contributed by atoms with Crippen molar-refractivity contribution in [2.75, 3.05) is 5.32 Å². The van der Waals surface area contributed by atoms with Crippen molar-refractivity contribution >= 4 is 11.8 Å². The average molecular weight is 443 g/mol. The molecule has 7 heteroatoms. The number of carboxylic acid groups (broad SMARTS) is 1. The van der Waals surface area contributed by atoms with E-state index in [4.69, 9.17) is 4.74 Å². The predicted molar refractivity (Wildman–Crippen MR) is 123 cm³/mol. The maximum atomic E-state index is 15.2. The van der Waals surface area contributed by atoms with Gasteiger partial charge in [0.25, 0.3) is 0 Å². The Morgan fingerprint density at radius 2 is 1.55 bits per heavy atom. The van der Waals surface area contributed by atoms with Gasteiger partial charge in [-0.3, -0.25) is 0 Å². The summed E-state index contributed by atoms with van der Waals surface area (Å²) in [4.78, 5) is 19.7. The van der Waals surface area contributed by atoms with Crippen molar-refractivity contribution in [1.82, 2.24) is 9.97 Å². The quantitative estimate of drug-likeness (QED) is 0.380. The summed E-state index contributed by atoms with van der Waals surface area (Å²) in [7, 11) is 0. The molecule has 0 bridgehead atoms. The van der Waals surface area contributed by atoms with Crippen LogP contribution in [0.3, 0.4) is 0 Å². The molecule has 3 aromatic carbocycles. The lowest BCUT2D eigenvalue weighted by atomic mass is 10.1. The van der Waals surface area contributed by atoms with Crippen molar-refractivity contribution in [3.05, 3.63) is 108 Å². The zero-order valence-corrected chi connectivity index (χ0v) is 17.7. The minimum absolute atomic E-state index is 0.0750. The SMILES string of the molecule is O=C(O)[C@H](Cc1ccccc1)Nc1ncnc(-c2ccc(OCc3ccccc3)cc2)c1F. The van der Waals surface area contributed by atoms with E-state index >= 15 is 4.39 Å². The highest BCUT2D eigenvalue weighted by molar-refractivity contribution is 5.78. The van der Waals surface area contributed by atoms with Gasteiger partial charge in [-0.25, -0.2) is 19.2 Å². The third-order valence-electron chi connectivity index (χ3n) is 5.06. The highest BCUT2D eigenvalue weighted by Gasteiger charge is 2.22. The molecule has 0 unspecified atom stereocenters. The number of hydrogen-bond acceptors (Lipinski definition) is 5. The van der Waals surface area contributed by atoms with E-state index in [0.29, 0.717) is 17.9 Å². The molecule has 0 saturated heterocycles. The van der Waals surface area contributed by atoms with Gasteiger partial charge >= 0.3 is 5.97 Å². The Morgan fingerprint density at radius 1 is 0.909 bits per heavy atom. The number of halogens is 1. The van der Waals surface area contributed by atoms with Crippen LogP contribution in [0.5, 0.6) is 5.75 Å². The van der Waals surface area contributed by atoms with Crippen molar-refractivity contribution in [3.63, 3.8) is 0 Å². The van der Waals surface area contributed by atoms with Crippen LogP contribution in [-0.2, 0) is 17.8 Å². The van der Waals surface area contributed by atoms with Gasteiger partial charge in [-0.15, -0.1) is 0 Å². The van der Waals surface area contributed by atoms with Crippen LogP contribution in [0.4, 0.5) is 10.2 Å². The molecule has 0 radical (unpaired) electrons. The largest absolute Gasteiger partial charge is 0.489 e. The molecule has 0 aliphatic rings. The monoisotopic (exact) mass is 443 g/mol. The summed E-state index contributed by atoms with van der Waals surface area (Å²) in [6.07, 6.45) is 1.39. The molecule has 4 aromatic rings. The third-order valence-corrected chi connectivity index (χ3v) is 5.06. The molecule has 2 N–H and O–H groups in total. The summed E-state index contributed by atoms with van der Waals surface area (Å²) in [5, 5.41) is 12.3. The van der Waals surface area contributed by atoms with Gasteiger partial charge in [0.2, 0.25) is 0 Å². The average Bonchev–Trinajstić information content (AvgIpc) is 2.85. The first-order chi connectivity index (χ1) is 16.1. The van der Waals surface area contributed by atoms with Gasteiger partial charge in [-0.1, -0.05) is 60.7 Å². The zero-order chi connectivity index (χ0) is 23.0. The molecule has 1 atom stereocenters. The summed E-state index contributed by atoms with van der Waals surface area (Å²) in [5.74, 6) is -1.33. The minimum atomic E-state index is -1.10. The molecular weight excluding hydrogens is 421 g/mol. The van der Waals surface area contributed by atoms with E-state index in [9.17, 15) is 9.90 Å². The van der Waals surface area contributed by atoms with Crippen molar-refractivity contribution in [2.45, 2.75) is 19.1 Å². The smallest absolute Gasteiger partial charge is 0.326 e. The van der Waals surface area contributed by atoms with Crippen LogP contribution in [0, 0.1) is 5.82 Å². The Balaban J connectivity index is 1.48. The molecular formula is C26H22FN3O3. The van der Waals surface area contributed by atoms with E-state index in [2.05, 4.69) is 15.3 Å². The van der Waals surface area contributed by atoms with Gasteiger partial charge in [0.05, 0.1) is 0 Å². The summed E-state index contributed by atoms with van der Waals surface area (Å²) in [6.45, 7) is 0.425. The molecule has 0 saturated carbocycles. The van der Waals surface area contributed by atoms with Gasteiger partial charge in [0, 0.05) is 12.0 Å². The Morgan fingerprint density at radius 3 is 2.18 bits per heavy atom. The lowest BCUT2D eigenvalue weighted by Gasteiger charge is -2.16. The molecule has 0 spiro atoms. The van der Waals surface area contributed by atoms with Gasteiger partial charge in [0.15, 0.2) is 11.6 Å². The van der Waals surface area contributed by atoms with Crippen molar-refractivity contribution in [3.8, 4) is 17.0 Å². The van der Waals surface area contributed by atoms with E-state index < -0.39 is 17.8 Å². The second-order valence-corrected chi connectivity index (χ2v) is 7.41. The highest BCUT2D eigenvalue weighted by Crippen LogP contribution is 2.26. The number of hydrogen-bond donors (Lipinski definition) is 2. The van der Waals surface area contributed by atoms with Crippen LogP contribution in [0.25, 0.3) is 11.3 Å². The van der Waals surface area contributed by atoms with E-state index in [0.717, 1.165) is 11.1 Å². The first-order valence-corrected chi connectivity index (χ1v) is 10.4. The van der Waals surface area contributed by atoms with E-state index in [1.807, 2.05) is 60.7 Å². The number of rotatable bonds is 9. The molecule has 0 amide bonds. The predicted octanol–water partition coefficient (Wildman–Crippen LogP) is 4.97. The standard InChI is InChI=1S/C26H22FN3O3/c27-23-24(20-11-13-21(14-12-20)33-16-19-9-5-2-6-10-19)28-17-29-25(23)30-22(26(31)32)15-18-7-3-1-4-8-18/h1-14,17,22H,15-16H2,(H,31,32)(H,28,29,30)/t22-/m0/s1. The third kappa shape index (κ3) is 5.71. The summed E-state index contributed by atoms with van der Waals surface area (Å²) in [6, 6.07) is 24.8. The van der Waals surface area contributed by atoms with Crippen molar-refractivity contribution < 1.29 is 19.0 Å². The molecule has 0 aliphatic carbocycles. The molecule has 0 aliphatic heterocycles. The Kier molecular flexibility index (Phi) is 6.90. The van der Waals surface area contributed by atoms with Gasteiger partial charge in [0.1, 0.15) is 30.4 Å². The zero-order valence-electron chi connectivity index (χ0n) is 17.7. The number of aromatic nitrogens is 2. The molecule has 1 aromatic heterocycles. The van der Waals surface area contributed by atoms with Crippen LogP contribution in [-0.4, -0.2) is 27.1 Å². The van der Waals surface area contributed by atoms with Gasteiger partial charge in [-0.2, -0.15) is 0 Å². The number of anilines is 1. The number of aliphatic carboxylic acids is 1. The lowest BCUT2D eigenvalue weighted by Crippen LogP contribution is -2.32. The highest BCUT2D eigenvalue weighted by atomic mass is 19.1. The molecule has 0 fully saturated rings. The minimum Gasteiger partial charge on any atom is -0.489 e. The fourth-order valence-electron chi connectivity index (χ4n) is 3.34.